The van der Waals surface area contributed by atoms with Crippen LogP contribution in [0.1, 0.15) is 5.56 Å². The van der Waals surface area contributed by atoms with E-state index in [2.05, 4.69) is 4.98 Å². The molecule has 1 aromatic rings. The van der Waals surface area contributed by atoms with Crippen molar-refractivity contribution in [1.82, 2.24) is 9.55 Å². The summed E-state index contributed by atoms with van der Waals surface area (Å²) in [6.45, 7) is 1.66. The molecule has 1 heterocycles. The Morgan fingerprint density at radius 2 is 2.42 bits per heavy atom. The lowest BCUT2D eigenvalue weighted by Gasteiger charge is -2.00. The van der Waals surface area contributed by atoms with Gasteiger partial charge < -0.3 is 5.73 Å². The van der Waals surface area contributed by atoms with Crippen LogP contribution >= 0.6 is 0 Å². The van der Waals surface area contributed by atoms with Gasteiger partial charge in [-0.25, -0.2) is 9.78 Å². The fourth-order valence-electron chi connectivity index (χ4n) is 0.847. The molecule has 0 fully saturated rings. The summed E-state index contributed by atoms with van der Waals surface area (Å²) in [6.07, 6.45) is 2.99. The van der Waals surface area contributed by atoms with E-state index in [-0.39, 0.29) is 6.54 Å². The Hall–Kier alpha value is -1.65. The highest BCUT2D eigenvalue weighted by atomic mass is 16.2. The number of aromatic nitrogens is 2. The van der Waals surface area contributed by atoms with E-state index in [1.54, 1.807) is 13.1 Å². The number of aryl methyl sites for hydroxylation is 1. The second kappa shape index (κ2) is 3.17. The third kappa shape index (κ3) is 1.91. The van der Waals surface area contributed by atoms with Gasteiger partial charge in [-0.3, -0.25) is 9.36 Å². The van der Waals surface area contributed by atoms with Crippen LogP contribution in [0.15, 0.2) is 17.2 Å². The number of carbonyl (C=O) groups is 1. The number of amides is 1. The summed E-state index contributed by atoms with van der Waals surface area (Å²) in [6, 6.07) is 0. The van der Waals surface area contributed by atoms with Crippen LogP contribution in [0.25, 0.3) is 0 Å². The third-order valence-electron chi connectivity index (χ3n) is 1.31. The van der Waals surface area contributed by atoms with E-state index >= 15 is 0 Å². The van der Waals surface area contributed by atoms with E-state index < -0.39 is 11.6 Å². The first-order valence-electron chi connectivity index (χ1n) is 3.41. The molecule has 1 rings (SSSR count). The average Bonchev–Trinajstić information content (AvgIpc) is 1.96. The molecule has 0 unspecified atom stereocenters. The summed E-state index contributed by atoms with van der Waals surface area (Å²) in [5.74, 6) is -0.551. The van der Waals surface area contributed by atoms with Gasteiger partial charge >= 0.3 is 5.69 Å². The molecule has 0 aliphatic heterocycles. The fourth-order valence-corrected chi connectivity index (χ4v) is 0.847. The summed E-state index contributed by atoms with van der Waals surface area (Å²) < 4.78 is 1.18. The normalized spacial score (nSPS) is 9.75. The van der Waals surface area contributed by atoms with E-state index in [9.17, 15) is 9.59 Å². The second-order valence-electron chi connectivity index (χ2n) is 2.51. The molecule has 0 atom stereocenters. The molecule has 0 saturated heterocycles. The van der Waals surface area contributed by atoms with Gasteiger partial charge in [0.1, 0.15) is 6.54 Å². The molecule has 0 bridgehead atoms. The highest BCUT2D eigenvalue weighted by Gasteiger charge is 1.99. The highest BCUT2D eigenvalue weighted by Crippen LogP contribution is 1.88. The van der Waals surface area contributed by atoms with Crippen molar-refractivity contribution in [2.45, 2.75) is 13.5 Å². The van der Waals surface area contributed by atoms with Gasteiger partial charge in [-0.05, 0) is 12.5 Å². The van der Waals surface area contributed by atoms with Gasteiger partial charge in [0.2, 0.25) is 5.91 Å². The smallest absolute Gasteiger partial charge is 0.347 e. The van der Waals surface area contributed by atoms with Gasteiger partial charge in [-0.2, -0.15) is 0 Å². The van der Waals surface area contributed by atoms with Crippen molar-refractivity contribution in [3.63, 3.8) is 0 Å². The maximum absolute atomic E-state index is 11.0. The fraction of sp³-hybridized carbons (Fsp3) is 0.286. The van der Waals surface area contributed by atoms with Crippen molar-refractivity contribution in [2.24, 2.45) is 5.73 Å². The SMILES string of the molecule is Cc1cnc(=O)n(CC(N)=O)c1. The second-order valence-corrected chi connectivity index (χ2v) is 2.51. The molecule has 1 aromatic heterocycles. The van der Waals surface area contributed by atoms with Crippen molar-refractivity contribution in [3.05, 3.63) is 28.4 Å². The Bertz CT molecular complexity index is 356. The molecule has 12 heavy (non-hydrogen) atoms. The number of nitrogens with zero attached hydrogens (tertiary/aromatic N) is 2. The summed E-state index contributed by atoms with van der Waals surface area (Å²) in [5, 5.41) is 0. The number of nitrogens with two attached hydrogens (primary N) is 1. The molecule has 5 heteroatoms. The number of carbonyl (C=O) groups excluding carboxylic acids is 1. The quantitative estimate of drug-likeness (QED) is 0.616. The maximum Gasteiger partial charge on any atom is 0.347 e. The topological polar surface area (TPSA) is 78.0 Å². The van der Waals surface area contributed by atoms with Crippen LogP contribution in [-0.2, 0) is 11.3 Å². The molecule has 5 nitrogen and oxygen atoms in total. The van der Waals surface area contributed by atoms with Gasteiger partial charge in [0.15, 0.2) is 0 Å². The standard InChI is InChI=1S/C7H9N3O2/c1-5-2-9-7(12)10(3-5)4-6(8)11/h2-3H,4H2,1H3,(H2,8,11). The molecule has 64 valence electrons. The number of primary amides is 1. The predicted octanol–water partition coefficient (Wildman–Crippen LogP) is -0.963. The molecule has 2 N–H and O–H groups in total. The van der Waals surface area contributed by atoms with Crippen molar-refractivity contribution < 1.29 is 4.79 Å². The van der Waals surface area contributed by atoms with Crippen LogP contribution < -0.4 is 11.4 Å². The van der Waals surface area contributed by atoms with Crippen LogP contribution in [0, 0.1) is 6.92 Å². The Kier molecular flexibility index (Phi) is 2.23. The molecular formula is C7H9N3O2. The van der Waals surface area contributed by atoms with Crippen LogP contribution in [0.4, 0.5) is 0 Å². The van der Waals surface area contributed by atoms with E-state index in [0.29, 0.717) is 0 Å². The van der Waals surface area contributed by atoms with E-state index in [0.717, 1.165) is 5.56 Å². The molecule has 0 aliphatic rings. The summed E-state index contributed by atoms with van der Waals surface area (Å²) in [7, 11) is 0. The van der Waals surface area contributed by atoms with E-state index in [1.807, 2.05) is 0 Å². The minimum atomic E-state index is -0.551. The molecular weight excluding hydrogens is 158 g/mol. The first-order chi connectivity index (χ1) is 5.59. The number of hydrogen-bond acceptors (Lipinski definition) is 3. The third-order valence-corrected chi connectivity index (χ3v) is 1.31. The summed E-state index contributed by atoms with van der Waals surface area (Å²) >= 11 is 0. The minimum Gasteiger partial charge on any atom is -0.368 e. The van der Waals surface area contributed by atoms with Gasteiger partial charge in [-0.1, -0.05) is 0 Å². The number of rotatable bonds is 2. The maximum atomic E-state index is 11.0. The van der Waals surface area contributed by atoms with E-state index in [4.69, 9.17) is 5.73 Å². The zero-order valence-corrected chi connectivity index (χ0v) is 6.65. The average molecular weight is 167 g/mol. The van der Waals surface area contributed by atoms with E-state index in [1.165, 1.54) is 10.8 Å². The first-order valence-corrected chi connectivity index (χ1v) is 3.41. The van der Waals surface area contributed by atoms with Gasteiger partial charge in [0.05, 0.1) is 0 Å². The number of hydrogen-bond donors (Lipinski definition) is 1. The zero-order chi connectivity index (χ0) is 9.14. The largest absolute Gasteiger partial charge is 0.368 e. The Morgan fingerprint density at radius 3 is 3.00 bits per heavy atom. The molecule has 0 aromatic carbocycles. The lowest BCUT2D eigenvalue weighted by atomic mass is 10.4. The van der Waals surface area contributed by atoms with Gasteiger partial charge in [0, 0.05) is 12.4 Å². The monoisotopic (exact) mass is 167 g/mol. The Morgan fingerprint density at radius 1 is 1.75 bits per heavy atom. The molecule has 1 amide bonds. The van der Waals surface area contributed by atoms with Crippen molar-refractivity contribution in [1.29, 1.82) is 0 Å². The summed E-state index contributed by atoms with van der Waals surface area (Å²) in [4.78, 5) is 24.9. The van der Waals surface area contributed by atoms with Crippen molar-refractivity contribution in [2.75, 3.05) is 0 Å². The van der Waals surface area contributed by atoms with Crippen LogP contribution in [0.2, 0.25) is 0 Å². The van der Waals surface area contributed by atoms with Crippen LogP contribution in [0.3, 0.4) is 0 Å². The molecule has 0 saturated carbocycles. The Labute approximate surface area is 68.8 Å². The highest BCUT2D eigenvalue weighted by molar-refractivity contribution is 5.73. The van der Waals surface area contributed by atoms with Crippen LogP contribution in [-0.4, -0.2) is 15.5 Å². The van der Waals surface area contributed by atoms with Gasteiger partial charge in [-0.15, -0.1) is 0 Å². The van der Waals surface area contributed by atoms with Crippen LogP contribution in [0.5, 0.6) is 0 Å². The molecule has 0 aliphatic carbocycles. The first kappa shape index (κ1) is 8.45. The predicted molar refractivity (Wildman–Crippen MR) is 42.4 cm³/mol. The molecule has 0 radical (unpaired) electrons. The molecule has 0 spiro atoms. The van der Waals surface area contributed by atoms with Crippen molar-refractivity contribution in [3.8, 4) is 0 Å². The lowest BCUT2D eigenvalue weighted by molar-refractivity contribution is -0.118. The van der Waals surface area contributed by atoms with Crippen molar-refractivity contribution >= 4 is 5.91 Å². The summed E-state index contributed by atoms with van der Waals surface area (Å²) in [5.41, 5.74) is 5.27. The lowest BCUT2D eigenvalue weighted by Crippen LogP contribution is -2.29. The Balaban J connectivity index is 3.06. The minimum absolute atomic E-state index is 0.118. The zero-order valence-electron chi connectivity index (χ0n) is 6.65. The van der Waals surface area contributed by atoms with Gasteiger partial charge in [0.25, 0.3) is 0 Å².